The largest absolute Gasteiger partial charge is 0.486 e. The molecule has 0 unspecified atom stereocenters. The maximum Gasteiger partial charge on any atom is 0.287 e. The smallest absolute Gasteiger partial charge is 0.287 e. The summed E-state index contributed by atoms with van der Waals surface area (Å²) in [5, 5.41) is 3.72. The maximum atomic E-state index is 12.1. The maximum absolute atomic E-state index is 12.1. The van der Waals surface area contributed by atoms with Crippen molar-refractivity contribution >= 4 is 17.5 Å². The number of benzene rings is 1. The second-order valence-corrected chi connectivity index (χ2v) is 6.33. The molecule has 1 aliphatic carbocycles. The Morgan fingerprint density at radius 3 is 2.83 bits per heavy atom. The fraction of sp³-hybridized carbons (Fsp3) is 0.389. The summed E-state index contributed by atoms with van der Waals surface area (Å²) in [5.41, 5.74) is 0.959. The van der Waals surface area contributed by atoms with Crippen molar-refractivity contribution < 1.29 is 13.9 Å². The van der Waals surface area contributed by atoms with Gasteiger partial charge in [0, 0.05) is 11.1 Å². The third-order valence-corrected chi connectivity index (χ3v) is 4.51. The Hall–Kier alpha value is -1.94. The zero-order valence-corrected chi connectivity index (χ0v) is 13.9. The summed E-state index contributed by atoms with van der Waals surface area (Å²) < 4.78 is 11.2. The first kappa shape index (κ1) is 15.9. The van der Waals surface area contributed by atoms with Crippen LogP contribution in [0.2, 0.25) is 5.02 Å². The first-order valence-electron chi connectivity index (χ1n) is 7.90. The van der Waals surface area contributed by atoms with Gasteiger partial charge in [-0.05, 0) is 55.7 Å². The van der Waals surface area contributed by atoms with Gasteiger partial charge < -0.3 is 14.5 Å². The molecule has 4 nitrogen and oxygen atoms in total. The third-order valence-electron chi connectivity index (χ3n) is 4.09. The van der Waals surface area contributed by atoms with Crippen molar-refractivity contribution in [3.05, 3.63) is 52.4 Å². The highest BCUT2D eigenvalue weighted by molar-refractivity contribution is 6.31. The predicted molar refractivity (Wildman–Crippen MR) is 89.0 cm³/mol. The van der Waals surface area contributed by atoms with E-state index in [4.69, 9.17) is 20.8 Å². The van der Waals surface area contributed by atoms with E-state index in [1.165, 1.54) is 12.8 Å². The second-order valence-electron chi connectivity index (χ2n) is 5.92. The van der Waals surface area contributed by atoms with Crippen LogP contribution < -0.4 is 10.1 Å². The second kappa shape index (κ2) is 7.09. The van der Waals surface area contributed by atoms with Crippen molar-refractivity contribution in [3.8, 4) is 5.75 Å². The molecule has 0 aliphatic heterocycles. The Bertz CT molecular complexity index is 689. The van der Waals surface area contributed by atoms with E-state index in [9.17, 15) is 4.79 Å². The highest BCUT2D eigenvalue weighted by Gasteiger charge is 2.19. The number of ether oxygens (including phenoxy) is 1. The van der Waals surface area contributed by atoms with E-state index in [0.717, 1.165) is 24.2 Å². The lowest BCUT2D eigenvalue weighted by atomic mass is 10.2. The van der Waals surface area contributed by atoms with E-state index in [1.54, 1.807) is 18.2 Å². The summed E-state index contributed by atoms with van der Waals surface area (Å²) >= 11 is 5.99. The molecule has 1 aromatic carbocycles. The van der Waals surface area contributed by atoms with E-state index in [0.29, 0.717) is 16.5 Å². The van der Waals surface area contributed by atoms with Crippen LogP contribution in [0.5, 0.6) is 5.75 Å². The Kier molecular flexibility index (Phi) is 4.91. The third kappa shape index (κ3) is 4.08. The molecule has 0 saturated heterocycles. The van der Waals surface area contributed by atoms with Gasteiger partial charge in [-0.25, -0.2) is 0 Å². The molecule has 3 rings (SSSR count). The first-order chi connectivity index (χ1) is 11.1. The molecule has 1 aliphatic rings. The zero-order valence-electron chi connectivity index (χ0n) is 13.1. The summed E-state index contributed by atoms with van der Waals surface area (Å²) in [6, 6.07) is 9.23. The molecule has 0 radical (unpaired) electrons. The van der Waals surface area contributed by atoms with Crippen LogP contribution >= 0.6 is 11.6 Å². The minimum atomic E-state index is -0.148. The van der Waals surface area contributed by atoms with Crippen molar-refractivity contribution in [2.75, 3.05) is 0 Å². The van der Waals surface area contributed by atoms with Crippen LogP contribution in [0.1, 0.15) is 47.6 Å². The molecule has 0 bridgehead atoms. The van der Waals surface area contributed by atoms with Crippen molar-refractivity contribution in [2.45, 2.75) is 45.3 Å². The number of rotatable bonds is 5. The number of aryl methyl sites for hydroxylation is 1. The lowest BCUT2D eigenvalue weighted by Gasteiger charge is -2.10. The molecule has 23 heavy (non-hydrogen) atoms. The highest BCUT2D eigenvalue weighted by Crippen LogP contribution is 2.22. The highest BCUT2D eigenvalue weighted by atomic mass is 35.5. The Labute approximate surface area is 140 Å². The number of carbonyl (C=O) groups excluding carboxylic acids is 1. The minimum Gasteiger partial charge on any atom is -0.486 e. The zero-order chi connectivity index (χ0) is 16.2. The minimum absolute atomic E-state index is 0.148. The number of hydrogen-bond donors (Lipinski definition) is 1. The molecular weight excluding hydrogens is 314 g/mol. The molecule has 1 fully saturated rings. The van der Waals surface area contributed by atoms with Crippen LogP contribution in [0.4, 0.5) is 0 Å². The van der Waals surface area contributed by atoms with Gasteiger partial charge in [0.05, 0.1) is 0 Å². The van der Waals surface area contributed by atoms with Gasteiger partial charge in [0.15, 0.2) is 5.76 Å². The average molecular weight is 334 g/mol. The van der Waals surface area contributed by atoms with Crippen LogP contribution in [-0.2, 0) is 6.61 Å². The molecule has 1 amide bonds. The SMILES string of the molecule is Cc1cc(OCc2ccc(C(=O)NC3CCCC3)o2)ccc1Cl. The Balaban J connectivity index is 1.56. The van der Waals surface area contributed by atoms with E-state index in [-0.39, 0.29) is 18.6 Å². The van der Waals surface area contributed by atoms with Crippen LogP contribution in [0.25, 0.3) is 0 Å². The van der Waals surface area contributed by atoms with E-state index in [2.05, 4.69) is 5.32 Å². The quantitative estimate of drug-likeness (QED) is 0.876. The van der Waals surface area contributed by atoms with E-state index in [1.807, 2.05) is 19.1 Å². The normalized spacial score (nSPS) is 14.9. The molecule has 0 spiro atoms. The molecule has 0 atom stereocenters. The molecule has 2 aromatic rings. The lowest BCUT2D eigenvalue weighted by molar-refractivity contribution is 0.0905. The summed E-state index contributed by atoms with van der Waals surface area (Å²) in [6.45, 7) is 2.20. The van der Waals surface area contributed by atoms with Gasteiger partial charge in [-0.1, -0.05) is 24.4 Å². The Morgan fingerprint density at radius 1 is 1.30 bits per heavy atom. The van der Waals surface area contributed by atoms with Gasteiger partial charge in [0.2, 0.25) is 0 Å². The average Bonchev–Trinajstić information content (AvgIpc) is 3.20. The van der Waals surface area contributed by atoms with E-state index >= 15 is 0 Å². The van der Waals surface area contributed by atoms with E-state index < -0.39 is 0 Å². The van der Waals surface area contributed by atoms with Crippen LogP contribution in [0.3, 0.4) is 0 Å². The van der Waals surface area contributed by atoms with Crippen LogP contribution in [0, 0.1) is 6.92 Å². The molecule has 122 valence electrons. The molecule has 5 heteroatoms. The molecular formula is C18H20ClNO3. The number of halogens is 1. The van der Waals surface area contributed by atoms with Gasteiger partial charge in [-0.15, -0.1) is 0 Å². The molecule has 1 saturated carbocycles. The number of furan rings is 1. The van der Waals surface area contributed by atoms with Gasteiger partial charge in [-0.2, -0.15) is 0 Å². The number of carbonyl (C=O) groups is 1. The fourth-order valence-corrected chi connectivity index (χ4v) is 2.88. The molecule has 1 aromatic heterocycles. The first-order valence-corrected chi connectivity index (χ1v) is 8.28. The van der Waals surface area contributed by atoms with Gasteiger partial charge in [0.1, 0.15) is 18.1 Å². The van der Waals surface area contributed by atoms with Crippen LogP contribution in [-0.4, -0.2) is 11.9 Å². The van der Waals surface area contributed by atoms with Crippen LogP contribution in [0.15, 0.2) is 34.7 Å². The predicted octanol–water partition coefficient (Wildman–Crippen LogP) is 4.49. The standard InChI is InChI=1S/C18H20ClNO3/c1-12-10-14(6-8-16(12)19)22-11-15-7-9-17(23-15)18(21)20-13-4-2-3-5-13/h6-10,13H,2-5,11H2,1H3,(H,20,21). The molecule has 1 N–H and O–H groups in total. The summed E-state index contributed by atoms with van der Waals surface area (Å²) in [4.78, 5) is 12.1. The number of nitrogens with one attached hydrogen (secondary N) is 1. The molecule has 1 heterocycles. The van der Waals surface area contributed by atoms with Crippen molar-refractivity contribution in [1.29, 1.82) is 0 Å². The Morgan fingerprint density at radius 2 is 2.09 bits per heavy atom. The fourth-order valence-electron chi connectivity index (χ4n) is 2.77. The van der Waals surface area contributed by atoms with Crippen molar-refractivity contribution in [1.82, 2.24) is 5.32 Å². The van der Waals surface area contributed by atoms with Gasteiger partial charge in [0.25, 0.3) is 5.91 Å². The van der Waals surface area contributed by atoms with Gasteiger partial charge in [-0.3, -0.25) is 4.79 Å². The summed E-state index contributed by atoms with van der Waals surface area (Å²) in [7, 11) is 0. The van der Waals surface area contributed by atoms with Crippen molar-refractivity contribution in [2.24, 2.45) is 0 Å². The number of hydrogen-bond acceptors (Lipinski definition) is 3. The monoisotopic (exact) mass is 333 g/mol. The summed E-state index contributed by atoms with van der Waals surface area (Å²) in [6.07, 6.45) is 4.47. The van der Waals surface area contributed by atoms with Gasteiger partial charge >= 0.3 is 0 Å². The lowest BCUT2D eigenvalue weighted by Crippen LogP contribution is -2.32. The topological polar surface area (TPSA) is 51.5 Å². The van der Waals surface area contributed by atoms with Crippen molar-refractivity contribution in [3.63, 3.8) is 0 Å². The summed E-state index contributed by atoms with van der Waals surface area (Å²) in [5.74, 6) is 1.53. The number of amides is 1.